The van der Waals surface area contributed by atoms with Crippen molar-refractivity contribution in [1.29, 1.82) is 0 Å². The number of methoxy groups -OCH3 is 1. The van der Waals surface area contributed by atoms with Gasteiger partial charge in [0.05, 0.1) is 6.61 Å². The van der Waals surface area contributed by atoms with Crippen molar-refractivity contribution in [1.82, 2.24) is 20.0 Å². The summed E-state index contributed by atoms with van der Waals surface area (Å²) in [5.41, 5.74) is 1.50. The van der Waals surface area contributed by atoms with E-state index in [-0.39, 0.29) is 0 Å². The van der Waals surface area contributed by atoms with Crippen LogP contribution in [0, 0.1) is 30.6 Å². The summed E-state index contributed by atoms with van der Waals surface area (Å²) in [4.78, 5) is 5.18. The van der Waals surface area contributed by atoms with Gasteiger partial charge in [-0.1, -0.05) is 25.5 Å². The van der Waals surface area contributed by atoms with Crippen molar-refractivity contribution < 1.29 is 9.15 Å². The highest BCUT2D eigenvalue weighted by Gasteiger charge is 2.33. The van der Waals surface area contributed by atoms with E-state index >= 15 is 0 Å². The Morgan fingerprint density at radius 2 is 1.86 bits per heavy atom. The van der Waals surface area contributed by atoms with Gasteiger partial charge in [0.1, 0.15) is 0 Å². The standard InChI is InChI=1S/C22H38N4O2/c1-16(2)21-13-19(14-22-24-23-18(4)28-22)17(3)12-20(21)15-26-8-6-25(7-9-26)10-11-27-5/h12,16,19-21H,6-11,13-15H2,1-5H3. The van der Waals surface area contributed by atoms with Crippen molar-refractivity contribution in [2.45, 2.75) is 40.5 Å². The first-order valence-corrected chi connectivity index (χ1v) is 10.9. The molecule has 3 unspecified atom stereocenters. The van der Waals surface area contributed by atoms with E-state index in [4.69, 9.17) is 9.15 Å². The summed E-state index contributed by atoms with van der Waals surface area (Å²) < 4.78 is 10.9. The maximum atomic E-state index is 5.65. The molecule has 0 bridgehead atoms. The van der Waals surface area contributed by atoms with Crippen LogP contribution in [-0.4, -0.2) is 73.0 Å². The van der Waals surface area contributed by atoms with Gasteiger partial charge in [0.2, 0.25) is 11.8 Å². The average molecular weight is 391 g/mol. The van der Waals surface area contributed by atoms with Crippen molar-refractivity contribution in [2.24, 2.45) is 23.7 Å². The van der Waals surface area contributed by atoms with Gasteiger partial charge in [0, 0.05) is 59.7 Å². The van der Waals surface area contributed by atoms with E-state index in [1.54, 1.807) is 7.11 Å². The second-order valence-electron chi connectivity index (χ2n) is 8.97. The third-order valence-electron chi connectivity index (χ3n) is 6.62. The first-order valence-electron chi connectivity index (χ1n) is 10.9. The van der Waals surface area contributed by atoms with Gasteiger partial charge < -0.3 is 14.1 Å². The monoisotopic (exact) mass is 390 g/mol. The topological polar surface area (TPSA) is 54.6 Å². The largest absolute Gasteiger partial charge is 0.426 e. The normalized spacial score (nSPS) is 27.4. The first kappa shape index (κ1) is 21.5. The molecule has 0 N–H and O–H groups in total. The second kappa shape index (κ2) is 9.99. The Morgan fingerprint density at radius 1 is 1.14 bits per heavy atom. The van der Waals surface area contributed by atoms with Crippen molar-refractivity contribution in [2.75, 3.05) is 53.0 Å². The lowest BCUT2D eigenvalue weighted by atomic mass is 9.69. The fraction of sp³-hybridized carbons (Fsp3) is 0.818. The maximum absolute atomic E-state index is 5.65. The molecule has 3 rings (SSSR count). The Labute approximate surface area is 170 Å². The number of nitrogens with zero attached hydrogens (tertiary/aromatic N) is 4. The van der Waals surface area contributed by atoms with E-state index in [0.717, 1.165) is 38.6 Å². The molecular formula is C22H38N4O2. The van der Waals surface area contributed by atoms with Crippen LogP contribution in [0.1, 0.15) is 39.0 Å². The van der Waals surface area contributed by atoms with Crippen LogP contribution in [-0.2, 0) is 11.2 Å². The number of aryl methyl sites for hydroxylation is 1. The van der Waals surface area contributed by atoms with Crippen LogP contribution in [0.25, 0.3) is 0 Å². The van der Waals surface area contributed by atoms with E-state index < -0.39 is 0 Å². The van der Waals surface area contributed by atoms with Gasteiger partial charge in [0.15, 0.2) is 0 Å². The molecule has 28 heavy (non-hydrogen) atoms. The lowest BCUT2D eigenvalue weighted by molar-refractivity contribution is 0.0798. The molecule has 0 spiro atoms. The lowest BCUT2D eigenvalue weighted by Crippen LogP contribution is -2.49. The number of piperazine rings is 1. The molecule has 0 aromatic carbocycles. The minimum Gasteiger partial charge on any atom is -0.426 e. The molecule has 1 aromatic heterocycles. The molecule has 1 aromatic rings. The zero-order chi connectivity index (χ0) is 20.1. The van der Waals surface area contributed by atoms with Crippen LogP contribution >= 0.6 is 0 Å². The summed E-state index contributed by atoms with van der Waals surface area (Å²) in [6.07, 6.45) is 4.65. The Hall–Kier alpha value is -1.24. The summed E-state index contributed by atoms with van der Waals surface area (Å²) in [7, 11) is 1.78. The third kappa shape index (κ3) is 5.65. The number of ether oxygens (including phenoxy) is 1. The molecule has 6 nitrogen and oxygen atoms in total. The molecule has 1 aliphatic carbocycles. The summed E-state index contributed by atoms with van der Waals surface area (Å²) in [6.45, 7) is 16.6. The van der Waals surface area contributed by atoms with Gasteiger partial charge in [-0.05, 0) is 37.0 Å². The highest BCUT2D eigenvalue weighted by atomic mass is 16.5. The summed E-state index contributed by atoms with van der Waals surface area (Å²) in [5, 5.41) is 8.21. The first-order chi connectivity index (χ1) is 13.5. The van der Waals surface area contributed by atoms with Crippen LogP contribution in [0.4, 0.5) is 0 Å². The molecule has 3 atom stereocenters. The minimum absolute atomic E-state index is 0.523. The molecule has 0 amide bonds. The van der Waals surface area contributed by atoms with E-state index in [1.807, 2.05) is 6.92 Å². The SMILES string of the molecule is COCCN1CCN(CC2C=C(C)C(Cc3nnc(C)o3)CC2C(C)C)CC1. The molecular weight excluding hydrogens is 352 g/mol. The van der Waals surface area contributed by atoms with Crippen molar-refractivity contribution in [3.63, 3.8) is 0 Å². The number of rotatable bonds is 8. The highest BCUT2D eigenvalue weighted by Crippen LogP contribution is 2.39. The molecule has 6 heteroatoms. The quantitative estimate of drug-likeness (QED) is 0.636. The van der Waals surface area contributed by atoms with Crippen LogP contribution < -0.4 is 0 Å². The van der Waals surface area contributed by atoms with Crippen LogP contribution in [0.3, 0.4) is 0 Å². The Balaban J connectivity index is 1.59. The predicted molar refractivity (Wildman–Crippen MR) is 111 cm³/mol. The van der Waals surface area contributed by atoms with Gasteiger partial charge in [-0.25, -0.2) is 0 Å². The molecule has 0 saturated carbocycles. The van der Waals surface area contributed by atoms with Gasteiger partial charge in [-0.3, -0.25) is 4.90 Å². The smallest absolute Gasteiger partial charge is 0.217 e. The van der Waals surface area contributed by atoms with Crippen molar-refractivity contribution in [3.8, 4) is 0 Å². The zero-order valence-corrected chi connectivity index (χ0v) is 18.4. The average Bonchev–Trinajstić information content (AvgIpc) is 3.08. The second-order valence-corrected chi connectivity index (χ2v) is 8.97. The highest BCUT2D eigenvalue weighted by molar-refractivity contribution is 5.14. The molecule has 0 radical (unpaired) electrons. The number of hydrogen-bond acceptors (Lipinski definition) is 6. The summed E-state index contributed by atoms with van der Waals surface area (Å²) in [6, 6.07) is 0. The van der Waals surface area contributed by atoms with Crippen molar-refractivity contribution >= 4 is 0 Å². The molecule has 158 valence electrons. The predicted octanol–water partition coefficient (Wildman–Crippen LogP) is 3.04. The van der Waals surface area contributed by atoms with E-state index in [0.29, 0.717) is 29.6 Å². The lowest BCUT2D eigenvalue weighted by Gasteiger charge is -2.41. The van der Waals surface area contributed by atoms with E-state index in [2.05, 4.69) is 46.8 Å². The van der Waals surface area contributed by atoms with Gasteiger partial charge >= 0.3 is 0 Å². The maximum Gasteiger partial charge on any atom is 0.217 e. The number of allylic oxidation sites excluding steroid dienone is 1. The Morgan fingerprint density at radius 3 is 2.46 bits per heavy atom. The summed E-state index contributed by atoms with van der Waals surface area (Å²) in [5.74, 6) is 4.01. The molecule has 2 heterocycles. The summed E-state index contributed by atoms with van der Waals surface area (Å²) >= 11 is 0. The fourth-order valence-corrected chi connectivity index (χ4v) is 4.83. The third-order valence-corrected chi connectivity index (χ3v) is 6.62. The van der Waals surface area contributed by atoms with Crippen LogP contribution in [0.15, 0.2) is 16.1 Å². The van der Waals surface area contributed by atoms with Gasteiger partial charge in [-0.15, -0.1) is 10.2 Å². The molecule has 1 fully saturated rings. The van der Waals surface area contributed by atoms with Gasteiger partial charge in [0.25, 0.3) is 0 Å². The Kier molecular flexibility index (Phi) is 7.66. The molecule has 1 saturated heterocycles. The van der Waals surface area contributed by atoms with E-state index in [1.165, 1.54) is 31.6 Å². The molecule has 1 aliphatic heterocycles. The minimum atomic E-state index is 0.523. The van der Waals surface area contributed by atoms with Crippen LogP contribution in [0.5, 0.6) is 0 Å². The number of aromatic nitrogens is 2. The van der Waals surface area contributed by atoms with Crippen molar-refractivity contribution in [3.05, 3.63) is 23.4 Å². The van der Waals surface area contributed by atoms with E-state index in [9.17, 15) is 0 Å². The number of hydrogen-bond donors (Lipinski definition) is 0. The Bertz CT molecular complexity index is 634. The van der Waals surface area contributed by atoms with Crippen LogP contribution in [0.2, 0.25) is 0 Å². The van der Waals surface area contributed by atoms with Gasteiger partial charge in [-0.2, -0.15) is 0 Å². The fourth-order valence-electron chi connectivity index (χ4n) is 4.83. The zero-order valence-electron chi connectivity index (χ0n) is 18.4. The molecule has 2 aliphatic rings.